The summed E-state index contributed by atoms with van der Waals surface area (Å²) in [6, 6.07) is 3.97. The van der Waals surface area contributed by atoms with Crippen molar-refractivity contribution >= 4 is 27.4 Å². The van der Waals surface area contributed by atoms with E-state index in [0.29, 0.717) is 12.5 Å². The first-order valence-corrected chi connectivity index (χ1v) is 7.77. The van der Waals surface area contributed by atoms with Gasteiger partial charge >= 0.3 is 0 Å². The number of hydrogen-bond donors (Lipinski definition) is 1. The monoisotopic (exact) mass is 343 g/mol. The van der Waals surface area contributed by atoms with Gasteiger partial charge in [-0.3, -0.25) is 4.40 Å². The van der Waals surface area contributed by atoms with Crippen molar-refractivity contribution in [2.24, 2.45) is 0 Å². The SMILES string of the molecule is Brc1cccn2c(NCc3cnc(C4CC4)nc3)cnc12. The van der Waals surface area contributed by atoms with Gasteiger partial charge in [0, 0.05) is 36.6 Å². The highest BCUT2D eigenvalue weighted by molar-refractivity contribution is 9.10. The summed E-state index contributed by atoms with van der Waals surface area (Å²) in [4.78, 5) is 13.3. The summed E-state index contributed by atoms with van der Waals surface area (Å²) in [5.41, 5.74) is 1.98. The molecule has 1 aliphatic carbocycles. The minimum atomic E-state index is 0.600. The molecular weight excluding hydrogens is 330 g/mol. The molecule has 1 N–H and O–H groups in total. The van der Waals surface area contributed by atoms with Crippen LogP contribution in [0, 0.1) is 0 Å². The van der Waals surface area contributed by atoms with Gasteiger partial charge < -0.3 is 5.32 Å². The standard InChI is InChI=1S/C15H14BrN5/c16-12-2-1-5-21-13(9-20-15(12)21)17-6-10-7-18-14(19-8-10)11-3-4-11/h1-2,5,7-9,11,17H,3-4,6H2. The molecule has 6 heteroatoms. The zero-order chi connectivity index (χ0) is 14.2. The van der Waals surface area contributed by atoms with Gasteiger partial charge in [0.05, 0.1) is 10.7 Å². The number of anilines is 1. The van der Waals surface area contributed by atoms with Gasteiger partial charge in [-0.15, -0.1) is 0 Å². The van der Waals surface area contributed by atoms with E-state index in [4.69, 9.17) is 0 Å². The fraction of sp³-hybridized carbons (Fsp3) is 0.267. The van der Waals surface area contributed by atoms with Crippen LogP contribution in [0.1, 0.15) is 30.1 Å². The summed E-state index contributed by atoms with van der Waals surface area (Å²) in [6.45, 7) is 0.686. The van der Waals surface area contributed by atoms with Crippen LogP contribution in [0.25, 0.3) is 5.65 Å². The molecule has 0 saturated heterocycles. The molecule has 0 aliphatic heterocycles. The summed E-state index contributed by atoms with van der Waals surface area (Å²) >= 11 is 3.50. The maximum atomic E-state index is 4.44. The molecule has 3 heterocycles. The first-order valence-electron chi connectivity index (χ1n) is 6.97. The summed E-state index contributed by atoms with van der Waals surface area (Å²) in [7, 11) is 0. The number of imidazole rings is 1. The van der Waals surface area contributed by atoms with Crippen LogP contribution in [-0.2, 0) is 6.54 Å². The van der Waals surface area contributed by atoms with E-state index in [1.807, 2.05) is 41.3 Å². The number of nitrogens with one attached hydrogen (secondary N) is 1. The second-order valence-corrected chi connectivity index (χ2v) is 6.12. The lowest BCUT2D eigenvalue weighted by molar-refractivity contribution is 0.903. The van der Waals surface area contributed by atoms with Crippen molar-refractivity contribution < 1.29 is 0 Å². The number of hydrogen-bond acceptors (Lipinski definition) is 4. The summed E-state index contributed by atoms with van der Waals surface area (Å²) in [5, 5.41) is 3.38. The fourth-order valence-electron chi connectivity index (χ4n) is 2.31. The molecule has 3 aromatic rings. The van der Waals surface area contributed by atoms with E-state index in [9.17, 15) is 0 Å². The van der Waals surface area contributed by atoms with E-state index in [1.165, 1.54) is 12.8 Å². The molecule has 5 nitrogen and oxygen atoms in total. The predicted octanol–water partition coefficient (Wildman–Crippen LogP) is 3.38. The molecule has 0 radical (unpaired) electrons. The zero-order valence-electron chi connectivity index (χ0n) is 11.3. The molecule has 0 bridgehead atoms. The van der Waals surface area contributed by atoms with Crippen molar-refractivity contribution in [3.63, 3.8) is 0 Å². The van der Waals surface area contributed by atoms with Crippen LogP contribution in [0.4, 0.5) is 5.82 Å². The van der Waals surface area contributed by atoms with E-state index in [1.54, 1.807) is 0 Å². The van der Waals surface area contributed by atoms with Gasteiger partial charge in [0.1, 0.15) is 11.6 Å². The van der Waals surface area contributed by atoms with Crippen LogP contribution in [0.3, 0.4) is 0 Å². The van der Waals surface area contributed by atoms with Gasteiger partial charge in [-0.1, -0.05) is 0 Å². The third-order valence-corrected chi connectivity index (χ3v) is 4.25. The first-order chi connectivity index (χ1) is 10.3. The molecule has 0 amide bonds. The van der Waals surface area contributed by atoms with Gasteiger partial charge in [-0.25, -0.2) is 15.0 Å². The first kappa shape index (κ1) is 12.8. The molecule has 3 aromatic heterocycles. The van der Waals surface area contributed by atoms with Crippen LogP contribution in [0.5, 0.6) is 0 Å². The molecule has 4 rings (SSSR count). The second kappa shape index (κ2) is 5.11. The van der Waals surface area contributed by atoms with Crippen LogP contribution >= 0.6 is 15.9 Å². The number of pyridine rings is 1. The number of aromatic nitrogens is 4. The van der Waals surface area contributed by atoms with E-state index >= 15 is 0 Å². The van der Waals surface area contributed by atoms with Gasteiger partial charge in [0.15, 0.2) is 5.65 Å². The third-order valence-electron chi connectivity index (χ3n) is 3.63. The van der Waals surface area contributed by atoms with Gasteiger partial charge in [-0.2, -0.15) is 0 Å². The Morgan fingerprint density at radius 3 is 2.76 bits per heavy atom. The second-order valence-electron chi connectivity index (χ2n) is 5.27. The third kappa shape index (κ3) is 2.51. The van der Waals surface area contributed by atoms with Crippen molar-refractivity contribution in [3.05, 3.63) is 52.8 Å². The van der Waals surface area contributed by atoms with Crippen molar-refractivity contribution in [1.29, 1.82) is 0 Å². The lowest BCUT2D eigenvalue weighted by Crippen LogP contribution is -2.04. The Morgan fingerprint density at radius 2 is 2.00 bits per heavy atom. The molecular formula is C15H14BrN5. The minimum absolute atomic E-state index is 0.600. The van der Waals surface area contributed by atoms with Crippen molar-refractivity contribution in [1.82, 2.24) is 19.4 Å². The average Bonchev–Trinajstić information content (AvgIpc) is 3.27. The molecule has 1 saturated carbocycles. The quantitative estimate of drug-likeness (QED) is 0.788. The van der Waals surface area contributed by atoms with Crippen LogP contribution < -0.4 is 5.32 Å². The number of rotatable bonds is 4. The summed E-state index contributed by atoms with van der Waals surface area (Å²) in [5.74, 6) is 2.54. The molecule has 0 spiro atoms. The highest BCUT2D eigenvalue weighted by atomic mass is 79.9. The molecule has 1 fully saturated rings. The highest BCUT2D eigenvalue weighted by Crippen LogP contribution is 2.37. The topological polar surface area (TPSA) is 55.1 Å². The molecule has 0 unspecified atom stereocenters. The zero-order valence-corrected chi connectivity index (χ0v) is 12.9. The van der Waals surface area contributed by atoms with E-state index in [0.717, 1.165) is 27.3 Å². The number of nitrogens with zero attached hydrogens (tertiary/aromatic N) is 4. The molecule has 0 atom stereocenters. The molecule has 1 aliphatic rings. The van der Waals surface area contributed by atoms with Crippen LogP contribution in [-0.4, -0.2) is 19.4 Å². The predicted molar refractivity (Wildman–Crippen MR) is 84.2 cm³/mol. The fourth-order valence-corrected chi connectivity index (χ4v) is 2.75. The maximum absolute atomic E-state index is 4.44. The van der Waals surface area contributed by atoms with Crippen LogP contribution in [0.15, 0.2) is 41.4 Å². The van der Waals surface area contributed by atoms with Gasteiger partial charge in [-0.05, 0) is 40.9 Å². The maximum Gasteiger partial charge on any atom is 0.152 e. The summed E-state index contributed by atoms with van der Waals surface area (Å²) in [6.07, 6.45) is 10.1. The van der Waals surface area contributed by atoms with Crippen molar-refractivity contribution in [3.8, 4) is 0 Å². The largest absolute Gasteiger partial charge is 0.366 e. The Kier molecular flexibility index (Phi) is 3.11. The summed E-state index contributed by atoms with van der Waals surface area (Å²) < 4.78 is 3.00. The molecule has 21 heavy (non-hydrogen) atoms. The van der Waals surface area contributed by atoms with E-state index < -0.39 is 0 Å². The van der Waals surface area contributed by atoms with E-state index in [-0.39, 0.29) is 0 Å². The Morgan fingerprint density at radius 1 is 1.19 bits per heavy atom. The van der Waals surface area contributed by atoms with Crippen LogP contribution in [0.2, 0.25) is 0 Å². The van der Waals surface area contributed by atoms with Gasteiger partial charge in [0.25, 0.3) is 0 Å². The smallest absolute Gasteiger partial charge is 0.152 e. The molecule has 106 valence electrons. The Balaban J connectivity index is 1.51. The minimum Gasteiger partial charge on any atom is -0.366 e. The highest BCUT2D eigenvalue weighted by Gasteiger charge is 2.26. The Bertz CT molecular complexity index is 776. The lowest BCUT2D eigenvalue weighted by Gasteiger charge is -2.06. The van der Waals surface area contributed by atoms with Crippen molar-refractivity contribution in [2.75, 3.05) is 5.32 Å². The van der Waals surface area contributed by atoms with E-state index in [2.05, 4.69) is 36.2 Å². The Labute approximate surface area is 130 Å². The lowest BCUT2D eigenvalue weighted by atomic mass is 10.3. The Hall–Kier alpha value is -1.95. The normalized spacial score (nSPS) is 14.5. The molecule has 0 aromatic carbocycles. The number of fused-ring (bicyclic) bond motifs is 1. The number of halogens is 1. The van der Waals surface area contributed by atoms with Crippen molar-refractivity contribution in [2.45, 2.75) is 25.3 Å². The van der Waals surface area contributed by atoms with Gasteiger partial charge in [0.2, 0.25) is 0 Å². The average molecular weight is 344 g/mol.